The minimum Gasteiger partial charge on any atom is -0.395 e. The van der Waals surface area contributed by atoms with Gasteiger partial charge in [-0.25, -0.2) is 13.8 Å². The van der Waals surface area contributed by atoms with Gasteiger partial charge in [0.2, 0.25) is 0 Å². The van der Waals surface area contributed by atoms with E-state index in [0.29, 0.717) is 0 Å². The summed E-state index contributed by atoms with van der Waals surface area (Å²) in [5.41, 5.74) is -1.16. The molecule has 8 heteroatoms. The maximum absolute atomic E-state index is 12.4. The summed E-state index contributed by atoms with van der Waals surface area (Å²) in [6.07, 6.45) is -7.36. The molecule has 1 aromatic heterocycles. The van der Waals surface area contributed by atoms with Crippen LogP contribution in [-0.2, 0) is 6.18 Å². The van der Waals surface area contributed by atoms with Crippen molar-refractivity contribution in [1.29, 1.82) is 0 Å². The molecule has 0 radical (unpaired) electrons. The lowest BCUT2D eigenvalue weighted by atomic mass is 10.3. The van der Waals surface area contributed by atoms with Crippen molar-refractivity contribution in [2.75, 3.05) is 24.6 Å². The third-order valence-corrected chi connectivity index (χ3v) is 2.08. The molecule has 0 aliphatic carbocycles. The zero-order valence-electron chi connectivity index (χ0n) is 9.16. The first-order valence-corrected chi connectivity index (χ1v) is 5.03. The fourth-order valence-electron chi connectivity index (χ4n) is 1.34. The number of halogens is 5. The summed E-state index contributed by atoms with van der Waals surface area (Å²) in [6.45, 7) is -1.45. The molecule has 1 heterocycles. The average molecular weight is 270 g/mol. The number of anilines is 1. The average Bonchev–Trinajstić information content (AvgIpc) is 2.27. The van der Waals surface area contributed by atoms with E-state index < -0.39 is 31.4 Å². The van der Waals surface area contributed by atoms with E-state index in [0.717, 1.165) is 17.0 Å². The maximum Gasteiger partial charge on any atom is 0.433 e. The highest BCUT2D eigenvalue weighted by molar-refractivity contribution is 5.39. The van der Waals surface area contributed by atoms with Crippen molar-refractivity contribution in [3.63, 3.8) is 0 Å². The molecule has 0 amide bonds. The molecule has 1 aromatic rings. The van der Waals surface area contributed by atoms with Crippen LogP contribution in [0.5, 0.6) is 0 Å². The molecule has 0 bridgehead atoms. The number of nitrogens with zero attached hydrogens (tertiary/aromatic N) is 2. The number of alkyl halides is 5. The number of pyridine rings is 1. The van der Waals surface area contributed by atoms with Crippen LogP contribution in [0.1, 0.15) is 5.69 Å². The Labute approximate surface area is 99.9 Å². The molecular formula is C10H11F5N2O. The zero-order chi connectivity index (χ0) is 13.8. The summed E-state index contributed by atoms with van der Waals surface area (Å²) in [4.78, 5) is 4.18. The Balaban J connectivity index is 2.97. The van der Waals surface area contributed by atoms with E-state index in [1.165, 1.54) is 6.07 Å². The molecule has 0 saturated heterocycles. The Hall–Kier alpha value is -1.44. The van der Waals surface area contributed by atoms with E-state index in [-0.39, 0.29) is 12.4 Å². The molecule has 1 rings (SSSR count). The van der Waals surface area contributed by atoms with E-state index in [2.05, 4.69) is 4.98 Å². The highest BCUT2D eigenvalue weighted by atomic mass is 19.4. The summed E-state index contributed by atoms with van der Waals surface area (Å²) in [5, 5.41) is 8.70. The predicted molar refractivity (Wildman–Crippen MR) is 54.5 cm³/mol. The zero-order valence-corrected chi connectivity index (χ0v) is 9.16. The summed E-state index contributed by atoms with van der Waals surface area (Å²) < 4.78 is 61.7. The number of hydrogen-bond donors (Lipinski definition) is 1. The Kier molecular flexibility index (Phi) is 4.83. The van der Waals surface area contributed by atoms with Gasteiger partial charge in [-0.1, -0.05) is 6.07 Å². The third-order valence-electron chi connectivity index (χ3n) is 2.08. The van der Waals surface area contributed by atoms with Crippen molar-refractivity contribution in [1.82, 2.24) is 4.98 Å². The Morgan fingerprint density at radius 3 is 2.44 bits per heavy atom. The fourth-order valence-corrected chi connectivity index (χ4v) is 1.34. The molecule has 0 fully saturated rings. The summed E-state index contributed by atoms with van der Waals surface area (Å²) in [5.74, 6) is -0.237. The standard InChI is InChI=1S/C10H11F5N2O/c11-8(12)6-17(4-5-18)9-3-1-2-7(16-9)10(13,14)15/h1-3,8,18H,4-6H2. The second kappa shape index (κ2) is 5.94. The third kappa shape index (κ3) is 4.10. The summed E-state index contributed by atoms with van der Waals surface area (Å²) in [6, 6.07) is 3.03. The molecular weight excluding hydrogens is 259 g/mol. The van der Waals surface area contributed by atoms with Gasteiger partial charge in [0.05, 0.1) is 13.2 Å². The van der Waals surface area contributed by atoms with Crippen molar-refractivity contribution < 1.29 is 27.1 Å². The largest absolute Gasteiger partial charge is 0.433 e. The Bertz CT molecular complexity index is 383. The molecule has 3 nitrogen and oxygen atoms in total. The quantitative estimate of drug-likeness (QED) is 0.833. The number of aliphatic hydroxyl groups excluding tert-OH is 1. The van der Waals surface area contributed by atoms with Gasteiger partial charge in [0.15, 0.2) is 0 Å². The minimum absolute atomic E-state index is 0.210. The topological polar surface area (TPSA) is 36.4 Å². The number of aromatic nitrogens is 1. The van der Waals surface area contributed by atoms with Crippen LogP contribution in [0.4, 0.5) is 27.8 Å². The lowest BCUT2D eigenvalue weighted by molar-refractivity contribution is -0.141. The lowest BCUT2D eigenvalue weighted by Crippen LogP contribution is -2.32. The van der Waals surface area contributed by atoms with E-state index in [1.807, 2.05) is 0 Å². The molecule has 1 N–H and O–H groups in total. The normalized spacial score (nSPS) is 11.9. The lowest BCUT2D eigenvalue weighted by Gasteiger charge is -2.22. The van der Waals surface area contributed by atoms with Gasteiger partial charge in [0, 0.05) is 6.54 Å². The smallest absolute Gasteiger partial charge is 0.395 e. The maximum atomic E-state index is 12.4. The van der Waals surface area contributed by atoms with Gasteiger partial charge in [-0.2, -0.15) is 13.2 Å². The van der Waals surface area contributed by atoms with Gasteiger partial charge in [-0.3, -0.25) is 0 Å². The van der Waals surface area contributed by atoms with Gasteiger partial charge in [-0.05, 0) is 12.1 Å². The minimum atomic E-state index is -4.63. The molecule has 0 aromatic carbocycles. The van der Waals surface area contributed by atoms with E-state index in [4.69, 9.17) is 5.11 Å². The first-order chi connectivity index (χ1) is 8.34. The van der Waals surface area contributed by atoms with Gasteiger partial charge in [0.1, 0.15) is 11.5 Å². The molecule has 0 saturated carbocycles. The van der Waals surface area contributed by atoms with Crippen LogP contribution in [0.15, 0.2) is 18.2 Å². The predicted octanol–water partition coefficient (Wildman–Crippen LogP) is 2.16. The molecule has 0 atom stereocenters. The Morgan fingerprint density at radius 1 is 1.28 bits per heavy atom. The van der Waals surface area contributed by atoms with Crippen molar-refractivity contribution in [2.45, 2.75) is 12.6 Å². The molecule has 0 aliphatic rings. The highest BCUT2D eigenvalue weighted by Crippen LogP contribution is 2.28. The first-order valence-electron chi connectivity index (χ1n) is 5.03. The van der Waals surface area contributed by atoms with Crippen LogP contribution in [0.25, 0.3) is 0 Å². The first kappa shape index (κ1) is 14.6. The van der Waals surface area contributed by atoms with Crippen LogP contribution in [0, 0.1) is 0 Å². The van der Waals surface area contributed by atoms with Crippen molar-refractivity contribution in [3.8, 4) is 0 Å². The highest BCUT2D eigenvalue weighted by Gasteiger charge is 2.32. The van der Waals surface area contributed by atoms with Gasteiger partial charge >= 0.3 is 6.18 Å². The summed E-state index contributed by atoms with van der Waals surface area (Å²) in [7, 11) is 0. The van der Waals surface area contributed by atoms with Crippen molar-refractivity contribution in [2.24, 2.45) is 0 Å². The van der Waals surface area contributed by atoms with Gasteiger partial charge in [0.25, 0.3) is 6.43 Å². The van der Waals surface area contributed by atoms with Crippen LogP contribution < -0.4 is 4.90 Å². The Morgan fingerprint density at radius 2 is 1.94 bits per heavy atom. The molecule has 0 spiro atoms. The van der Waals surface area contributed by atoms with Gasteiger partial charge < -0.3 is 10.0 Å². The number of rotatable bonds is 5. The van der Waals surface area contributed by atoms with Crippen molar-refractivity contribution in [3.05, 3.63) is 23.9 Å². The van der Waals surface area contributed by atoms with E-state index in [9.17, 15) is 22.0 Å². The van der Waals surface area contributed by atoms with E-state index in [1.54, 1.807) is 0 Å². The second-order valence-electron chi connectivity index (χ2n) is 3.44. The van der Waals surface area contributed by atoms with Crippen LogP contribution in [-0.4, -0.2) is 36.2 Å². The second-order valence-corrected chi connectivity index (χ2v) is 3.44. The molecule has 0 unspecified atom stereocenters. The van der Waals surface area contributed by atoms with Gasteiger partial charge in [-0.15, -0.1) is 0 Å². The molecule has 18 heavy (non-hydrogen) atoms. The van der Waals surface area contributed by atoms with Crippen LogP contribution in [0.2, 0.25) is 0 Å². The monoisotopic (exact) mass is 270 g/mol. The molecule has 102 valence electrons. The number of aliphatic hydroxyl groups is 1. The van der Waals surface area contributed by atoms with Crippen LogP contribution in [0.3, 0.4) is 0 Å². The molecule has 0 aliphatic heterocycles. The SMILES string of the molecule is OCCN(CC(F)F)c1cccc(C(F)(F)F)n1. The fraction of sp³-hybridized carbons (Fsp3) is 0.500. The van der Waals surface area contributed by atoms with Crippen LogP contribution >= 0.6 is 0 Å². The summed E-state index contributed by atoms with van der Waals surface area (Å²) >= 11 is 0. The van der Waals surface area contributed by atoms with Crippen molar-refractivity contribution >= 4 is 5.82 Å². The van der Waals surface area contributed by atoms with E-state index >= 15 is 0 Å². The number of hydrogen-bond acceptors (Lipinski definition) is 3.